The topological polar surface area (TPSA) is 104 Å². The van der Waals surface area contributed by atoms with Gasteiger partial charge in [0.1, 0.15) is 5.54 Å². The lowest BCUT2D eigenvalue weighted by Crippen LogP contribution is -2.51. The van der Waals surface area contributed by atoms with Crippen LogP contribution in [0, 0.1) is 0 Å². The molecule has 1 N–H and O–H groups in total. The zero-order valence-corrected chi connectivity index (χ0v) is 13.4. The van der Waals surface area contributed by atoms with E-state index in [1.54, 1.807) is 0 Å². The minimum Gasteiger partial charge on any atom is -0.480 e. The summed E-state index contributed by atoms with van der Waals surface area (Å²) in [6.07, 6.45) is -0.243. The van der Waals surface area contributed by atoms with E-state index in [0.29, 0.717) is 13.2 Å². The summed E-state index contributed by atoms with van der Waals surface area (Å²) >= 11 is 0. The van der Waals surface area contributed by atoms with Gasteiger partial charge in [-0.2, -0.15) is 4.31 Å². The first-order valence-corrected chi connectivity index (χ1v) is 8.25. The third kappa shape index (κ3) is 4.39. The van der Waals surface area contributed by atoms with Gasteiger partial charge in [-0.1, -0.05) is 0 Å². The van der Waals surface area contributed by atoms with Crippen molar-refractivity contribution in [3.8, 4) is 0 Å². The molecule has 21 heavy (non-hydrogen) atoms. The minimum absolute atomic E-state index is 0.243. The first-order valence-electron chi connectivity index (χ1n) is 6.64. The molecule has 0 bridgehead atoms. The Bertz CT molecular complexity index is 496. The number of carboxylic acids is 1. The van der Waals surface area contributed by atoms with E-state index in [1.165, 1.54) is 25.2 Å². The highest BCUT2D eigenvalue weighted by molar-refractivity contribution is 7.89. The molecule has 0 spiro atoms. The molecule has 1 fully saturated rings. The van der Waals surface area contributed by atoms with Crippen LogP contribution in [-0.2, 0) is 24.3 Å². The summed E-state index contributed by atoms with van der Waals surface area (Å²) in [4.78, 5) is 24.1. The Morgan fingerprint density at radius 1 is 1.29 bits per heavy atom. The van der Waals surface area contributed by atoms with E-state index in [0.717, 1.165) is 4.90 Å². The summed E-state index contributed by atoms with van der Waals surface area (Å²) in [7, 11) is -2.16. The zero-order valence-electron chi connectivity index (χ0n) is 12.5. The highest BCUT2D eigenvalue weighted by atomic mass is 32.2. The molecule has 1 heterocycles. The van der Waals surface area contributed by atoms with E-state index in [4.69, 9.17) is 9.84 Å². The van der Waals surface area contributed by atoms with Gasteiger partial charge in [-0.25, -0.2) is 13.2 Å². The molecule has 0 saturated carbocycles. The molecule has 122 valence electrons. The number of sulfonamides is 1. The van der Waals surface area contributed by atoms with Gasteiger partial charge >= 0.3 is 5.97 Å². The molecule has 1 aliphatic heterocycles. The second-order valence-corrected chi connectivity index (χ2v) is 7.48. The number of aliphatic carboxylic acids is 1. The SMILES string of the molecule is CN(C(=O)CCS(=O)(=O)N1CCOCC1)C(C)(C)C(=O)O. The van der Waals surface area contributed by atoms with Crippen molar-refractivity contribution in [2.24, 2.45) is 0 Å². The zero-order chi connectivity index (χ0) is 16.3. The van der Waals surface area contributed by atoms with Crippen molar-refractivity contribution in [2.45, 2.75) is 25.8 Å². The predicted octanol–water partition coefficient (Wildman–Crippen LogP) is -0.640. The normalized spacial score (nSPS) is 17.5. The second kappa shape index (κ2) is 6.71. The van der Waals surface area contributed by atoms with Crippen molar-refractivity contribution < 1.29 is 27.9 Å². The molecular weight excluding hydrogens is 300 g/mol. The Morgan fingerprint density at radius 3 is 2.29 bits per heavy atom. The lowest BCUT2D eigenvalue weighted by molar-refractivity contribution is -0.155. The molecule has 1 amide bonds. The molecule has 0 aromatic carbocycles. The number of carbonyl (C=O) groups excluding carboxylic acids is 1. The summed E-state index contributed by atoms with van der Waals surface area (Å²) in [5, 5.41) is 9.06. The van der Waals surface area contributed by atoms with Crippen molar-refractivity contribution in [3.05, 3.63) is 0 Å². The Labute approximate surface area is 124 Å². The smallest absolute Gasteiger partial charge is 0.329 e. The summed E-state index contributed by atoms with van der Waals surface area (Å²) in [6, 6.07) is 0. The van der Waals surface area contributed by atoms with E-state index in [9.17, 15) is 18.0 Å². The third-order valence-electron chi connectivity index (χ3n) is 3.67. The van der Waals surface area contributed by atoms with Crippen LogP contribution in [0.4, 0.5) is 0 Å². The number of hydrogen-bond acceptors (Lipinski definition) is 5. The molecule has 1 rings (SSSR count). The molecule has 8 nitrogen and oxygen atoms in total. The lowest BCUT2D eigenvalue weighted by Gasteiger charge is -2.32. The number of hydrogen-bond donors (Lipinski definition) is 1. The number of morpholine rings is 1. The highest BCUT2D eigenvalue weighted by Crippen LogP contribution is 2.15. The van der Waals surface area contributed by atoms with E-state index in [-0.39, 0.29) is 25.3 Å². The van der Waals surface area contributed by atoms with Gasteiger partial charge in [-0.3, -0.25) is 4.79 Å². The van der Waals surface area contributed by atoms with Gasteiger partial charge in [0.15, 0.2) is 0 Å². The van der Waals surface area contributed by atoms with Crippen LogP contribution in [0.2, 0.25) is 0 Å². The quantitative estimate of drug-likeness (QED) is 0.697. The van der Waals surface area contributed by atoms with Crippen LogP contribution in [0.1, 0.15) is 20.3 Å². The first-order chi connectivity index (χ1) is 9.59. The molecule has 0 atom stereocenters. The minimum atomic E-state index is -3.52. The van der Waals surface area contributed by atoms with Crippen molar-refractivity contribution >= 4 is 21.9 Å². The number of likely N-dealkylation sites (N-methyl/N-ethyl adjacent to an activating group) is 1. The lowest BCUT2D eigenvalue weighted by atomic mass is 10.0. The molecule has 9 heteroatoms. The van der Waals surface area contributed by atoms with Gasteiger partial charge in [-0.05, 0) is 13.8 Å². The van der Waals surface area contributed by atoms with Crippen molar-refractivity contribution in [1.82, 2.24) is 9.21 Å². The van der Waals surface area contributed by atoms with E-state index in [2.05, 4.69) is 0 Å². The number of rotatable bonds is 6. The maximum Gasteiger partial charge on any atom is 0.329 e. The Balaban J connectivity index is 2.61. The third-order valence-corrected chi connectivity index (χ3v) is 5.55. The van der Waals surface area contributed by atoms with Gasteiger partial charge in [-0.15, -0.1) is 0 Å². The van der Waals surface area contributed by atoms with E-state index >= 15 is 0 Å². The average Bonchev–Trinajstić information content (AvgIpc) is 2.44. The highest BCUT2D eigenvalue weighted by Gasteiger charge is 2.35. The van der Waals surface area contributed by atoms with Crippen LogP contribution >= 0.6 is 0 Å². The number of amides is 1. The number of carbonyl (C=O) groups is 2. The summed E-state index contributed by atoms with van der Waals surface area (Å²) in [5.74, 6) is -1.99. The average molecular weight is 322 g/mol. The van der Waals surface area contributed by atoms with Crippen molar-refractivity contribution in [1.29, 1.82) is 0 Å². The van der Waals surface area contributed by atoms with Crippen LogP contribution in [0.3, 0.4) is 0 Å². The van der Waals surface area contributed by atoms with Crippen LogP contribution in [0.5, 0.6) is 0 Å². The fraction of sp³-hybridized carbons (Fsp3) is 0.833. The van der Waals surface area contributed by atoms with Gasteiger partial charge in [0.05, 0.1) is 19.0 Å². The predicted molar refractivity (Wildman–Crippen MR) is 75.3 cm³/mol. The summed E-state index contributed by atoms with van der Waals surface area (Å²) in [5.41, 5.74) is -1.38. The first kappa shape index (κ1) is 17.9. The van der Waals surface area contributed by atoms with Crippen LogP contribution < -0.4 is 0 Å². The van der Waals surface area contributed by atoms with Gasteiger partial charge in [0.2, 0.25) is 15.9 Å². The summed E-state index contributed by atoms with van der Waals surface area (Å²) in [6.45, 7) is 4.05. The van der Waals surface area contributed by atoms with Gasteiger partial charge < -0.3 is 14.7 Å². The second-order valence-electron chi connectivity index (χ2n) is 5.39. The molecule has 0 aromatic heterocycles. The molecule has 1 saturated heterocycles. The van der Waals surface area contributed by atoms with Gasteiger partial charge in [0, 0.05) is 26.6 Å². The van der Waals surface area contributed by atoms with E-state index in [1.807, 2.05) is 0 Å². The maximum atomic E-state index is 12.1. The number of nitrogens with zero attached hydrogens (tertiary/aromatic N) is 2. The molecule has 1 aliphatic rings. The molecule has 0 aliphatic carbocycles. The number of carboxylic acid groups (broad SMARTS) is 1. The monoisotopic (exact) mass is 322 g/mol. The fourth-order valence-electron chi connectivity index (χ4n) is 1.79. The Kier molecular flexibility index (Phi) is 5.71. The molecule has 0 unspecified atom stereocenters. The molecule has 0 aromatic rings. The number of ether oxygens (including phenoxy) is 1. The van der Waals surface area contributed by atoms with Crippen molar-refractivity contribution in [2.75, 3.05) is 39.1 Å². The van der Waals surface area contributed by atoms with Gasteiger partial charge in [0.25, 0.3) is 0 Å². The molecule has 0 radical (unpaired) electrons. The Hall–Kier alpha value is -1.19. The van der Waals surface area contributed by atoms with Crippen LogP contribution in [0.15, 0.2) is 0 Å². The standard InChI is InChI=1S/C12H22N2O6S/c1-12(2,11(16)17)13(3)10(15)4-9-21(18,19)14-5-7-20-8-6-14/h4-9H2,1-3H3,(H,16,17). The Morgan fingerprint density at radius 2 is 1.81 bits per heavy atom. The summed E-state index contributed by atoms with van der Waals surface area (Å²) < 4.78 is 30.5. The van der Waals surface area contributed by atoms with Crippen LogP contribution in [-0.4, -0.2) is 79.2 Å². The van der Waals surface area contributed by atoms with Crippen molar-refractivity contribution in [3.63, 3.8) is 0 Å². The fourth-order valence-corrected chi connectivity index (χ4v) is 3.19. The largest absolute Gasteiger partial charge is 0.480 e. The maximum absolute atomic E-state index is 12.1. The van der Waals surface area contributed by atoms with Crippen LogP contribution in [0.25, 0.3) is 0 Å². The van der Waals surface area contributed by atoms with E-state index < -0.39 is 27.4 Å². The molecular formula is C12H22N2O6S.